The lowest BCUT2D eigenvalue weighted by molar-refractivity contribution is 0.0975. The van der Waals surface area contributed by atoms with Crippen molar-refractivity contribution in [3.05, 3.63) is 87.9 Å². The van der Waals surface area contributed by atoms with Gasteiger partial charge in [-0.25, -0.2) is 0 Å². The number of hydrogen-bond donors (Lipinski definition) is 2. The van der Waals surface area contributed by atoms with E-state index in [2.05, 4.69) is 38.6 Å². The fourth-order valence-corrected chi connectivity index (χ4v) is 4.56. The van der Waals surface area contributed by atoms with Gasteiger partial charge >= 0.3 is 0 Å². The number of halogens is 2. The standard InChI is InChI=1S/C26H26Cl2N4O2S/c1-34-24-11-6-19(27)16-22(24)25(33)30-26(35)29-20-7-9-21(10-8-20)32-14-12-31(13-15-32)17-18-4-2-3-5-23(18)28/h2-11,16H,12-15,17H2,1H3,(H2,29,30,33,35). The minimum atomic E-state index is -0.395. The number of nitrogens with one attached hydrogen (secondary N) is 2. The number of nitrogens with zero attached hydrogens (tertiary/aromatic N) is 2. The van der Waals surface area contributed by atoms with Crippen LogP contribution in [0.3, 0.4) is 0 Å². The molecule has 0 radical (unpaired) electrons. The Hall–Kier alpha value is -2.84. The van der Waals surface area contributed by atoms with Crippen LogP contribution in [0.15, 0.2) is 66.7 Å². The topological polar surface area (TPSA) is 56.8 Å². The van der Waals surface area contributed by atoms with Crippen LogP contribution in [0.25, 0.3) is 0 Å². The SMILES string of the molecule is COc1ccc(Cl)cc1C(=O)NC(=S)Nc1ccc(N2CCN(Cc3ccccc3Cl)CC2)cc1. The molecule has 0 atom stereocenters. The molecule has 182 valence electrons. The number of piperazine rings is 1. The zero-order valence-electron chi connectivity index (χ0n) is 19.3. The first-order valence-corrected chi connectivity index (χ1v) is 12.4. The van der Waals surface area contributed by atoms with Crippen molar-refractivity contribution in [2.24, 2.45) is 0 Å². The first-order valence-electron chi connectivity index (χ1n) is 11.2. The Morgan fingerprint density at radius 2 is 1.71 bits per heavy atom. The number of anilines is 2. The van der Waals surface area contributed by atoms with Crippen molar-refractivity contribution in [1.82, 2.24) is 10.2 Å². The van der Waals surface area contributed by atoms with Gasteiger partial charge in [-0.1, -0.05) is 41.4 Å². The van der Waals surface area contributed by atoms with Crippen molar-refractivity contribution in [2.75, 3.05) is 43.5 Å². The van der Waals surface area contributed by atoms with Gasteiger partial charge in [0.25, 0.3) is 5.91 Å². The summed E-state index contributed by atoms with van der Waals surface area (Å²) < 4.78 is 5.24. The summed E-state index contributed by atoms with van der Waals surface area (Å²) in [6, 6.07) is 20.9. The van der Waals surface area contributed by atoms with E-state index >= 15 is 0 Å². The molecule has 0 unspecified atom stereocenters. The summed E-state index contributed by atoms with van der Waals surface area (Å²) in [6.07, 6.45) is 0. The lowest BCUT2D eigenvalue weighted by atomic mass is 10.2. The van der Waals surface area contributed by atoms with Gasteiger partial charge in [-0.2, -0.15) is 0 Å². The molecule has 1 saturated heterocycles. The molecule has 0 saturated carbocycles. The van der Waals surface area contributed by atoms with Crippen LogP contribution in [0, 0.1) is 0 Å². The molecule has 2 N–H and O–H groups in total. The number of thiocarbonyl (C=S) groups is 1. The Morgan fingerprint density at radius 3 is 2.40 bits per heavy atom. The maximum absolute atomic E-state index is 12.6. The van der Waals surface area contributed by atoms with Gasteiger partial charge in [0.15, 0.2) is 5.11 Å². The maximum atomic E-state index is 12.6. The fourth-order valence-electron chi connectivity index (χ4n) is 3.98. The van der Waals surface area contributed by atoms with Crippen LogP contribution in [0.5, 0.6) is 5.75 Å². The van der Waals surface area contributed by atoms with Crippen molar-refractivity contribution >= 4 is 57.8 Å². The summed E-state index contributed by atoms with van der Waals surface area (Å²) in [5.41, 5.74) is 3.41. The molecule has 1 aliphatic rings. The van der Waals surface area contributed by atoms with Gasteiger partial charge in [-0.05, 0) is 66.3 Å². The summed E-state index contributed by atoms with van der Waals surface area (Å²) in [5, 5.41) is 7.17. The van der Waals surface area contributed by atoms with Gasteiger partial charge in [0, 0.05) is 54.1 Å². The Bertz CT molecular complexity index is 1200. The summed E-state index contributed by atoms with van der Waals surface area (Å²) in [5.74, 6) is 0.0270. The minimum Gasteiger partial charge on any atom is -0.496 e. The molecule has 1 amide bonds. The second-order valence-corrected chi connectivity index (χ2v) is 9.41. The van der Waals surface area contributed by atoms with E-state index in [-0.39, 0.29) is 5.11 Å². The van der Waals surface area contributed by atoms with Crippen molar-refractivity contribution in [1.29, 1.82) is 0 Å². The highest BCUT2D eigenvalue weighted by Gasteiger charge is 2.18. The third kappa shape index (κ3) is 6.64. The number of ether oxygens (including phenoxy) is 1. The first kappa shape index (κ1) is 25.3. The van der Waals surface area contributed by atoms with Crippen LogP contribution in [0.1, 0.15) is 15.9 Å². The zero-order valence-corrected chi connectivity index (χ0v) is 21.6. The molecule has 3 aromatic carbocycles. The molecule has 1 fully saturated rings. The van der Waals surface area contributed by atoms with Crippen LogP contribution >= 0.6 is 35.4 Å². The Balaban J connectivity index is 1.28. The number of amides is 1. The highest BCUT2D eigenvalue weighted by Crippen LogP contribution is 2.24. The quantitative estimate of drug-likeness (QED) is 0.415. The molecule has 1 heterocycles. The molecule has 1 aliphatic heterocycles. The number of hydrogen-bond acceptors (Lipinski definition) is 5. The van der Waals surface area contributed by atoms with Gasteiger partial charge < -0.3 is 15.0 Å². The molecule has 0 spiro atoms. The summed E-state index contributed by atoms with van der Waals surface area (Å²) >= 11 is 17.6. The van der Waals surface area contributed by atoms with Crippen molar-refractivity contribution < 1.29 is 9.53 Å². The fraction of sp³-hybridized carbons (Fsp3) is 0.231. The average molecular weight is 529 g/mol. The van der Waals surface area contributed by atoms with Gasteiger partial charge in [0.2, 0.25) is 0 Å². The molecule has 4 rings (SSSR count). The van der Waals surface area contributed by atoms with Crippen LogP contribution in [-0.4, -0.2) is 49.2 Å². The number of rotatable bonds is 6. The van der Waals surface area contributed by atoms with Gasteiger partial charge in [-0.15, -0.1) is 0 Å². The zero-order chi connectivity index (χ0) is 24.8. The minimum absolute atomic E-state index is 0.193. The Labute approximate surface area is 220 Å². The van der Waals surface area contributed by atoms with Crippen LogP contribution < -0.4 is 20.3 Å². The molecule has 0 aliphatic carbocycles. The lowest BCUT2D eigenvalue weighted by Crippen LogP contribution is -2.46. The van der Waals surface area contributed by atoms with Crippen molar-refractivity contribution in [3.8, 4) is 5.75 Å². The van der Waals surface area contributed by atoms with Gasteiger partial charge in [0.1, 0.15) is 5.75 Å². The predicted molar refractivity (Wildman–Crippen MR) is 147 cm³/mol. The molecule has 3 aromatic rings. The number of carbonyl (C=O) groups excluding carboxylic acids is 1. The highest BCUT2D eigenvalue weighted by atomic mass is 35.5. The van der Waals surface area contributed by atoms with Crippen molar-refractivity contribution in [3.63, 3.8) is 0 Å². The van der Waals surface area contributed by atoms with E-state index in [9.17, 15) is 4.79 Å². The van der Waals surface area contributed by atoms with E-state index in [1.54, 1.807) is 18.2 Å². The lowest BCUT2D eigenvalue weighted by Gasteiger charge is -2.36. The van der Waals surface area contributed by atoms with E-state index < -0.39 is 5.91 Å². The molecule has 9 heteroatoms. The second kappa shape index (κ2) is 11.7. The third-order valence-electron chi connectivity index (χ3n) is 5.85. The van der Waals surface area contributed by atoms with Crippen LogP contribution in [0.4, 0.5) is 11.4 Å². The Morgan fingerprint density at radius 1 is 1.00 bits per heavy atom. The second-order valence-electron chi connectivity index (χ2n) is 8.15. The molecular weight excluding hydrogens is 503 g/mol. The van der Waals surface area contributed by atoms with E-state index in [0.717, 1.165) is 54.7 Å². The normalized spacial score (nSPS) is 13.9. The summed E-state index contributed by atoms with van der Waals surface area (Å²) in [4.78, 5) is 17.4. The van der Waals surface area contributed by atoms with Gasteiger partial charge in [-0.3, -0.25) is 15.0 Å². The number of carbonyl (C=O) groups is 1. The van der Waals surface area contributed by atoms with Crippen molar-refractivity contribution in [2.45, 2.75) is 6.54 Å². The largest absolute Gasteiger partial charge is 0.496 e. The number of benzene rings is 3. The summed E-state index contributed by atoms with van der Waals surface area (Å²) in [7, 11) is 1.50. The van der Waals surface area contributed by atoms with E-state index in [0.29, 0.717) is 16.3 Å². The van der Waals surface area contributed by atoms with Crippen LogP contribution in [0.2, 0.25) is 10.0 Å². The molecule has 6 nitrogen and oxygen atoms in total. The number of methoxy groups -OCH3 is 1. The molecular formula is C26H26Cl2N4O2S. The molecule has 0 bridgehead atoms. The monoisotopic (exact) mass is 528 g/mol. The van der Waals surface area contributed by atoms with Crippen LogP contribution in [-0.2, 0) is 6.54 Å². The molecule has 35 heavy (non-hydrogen) atoms. The smallest absolute Gasteiger partial charge is 0.261 e. The Kier molecular flexibility index (Phi) is 8.46. The van der Waals surface area contributed by atoms with E-state index in [1.165, 1.54) is 7.11 Å². The maximum Gasteiger partial charge on any atom is 0.261 e. The first-order chi connectivity index (χ1) is 16.9. The van der Waals surface area contributed by atoms with E-state index in [4.69, 9.17) is 40.2 Å². The van der Waals surface area contributed by atoms with Gasteiger partial charge in [0.05, 0.1) is 12.7 Å². The summed E-state index contributed by atoms with van der Waals surface area (Å²) in [6.45, 7) is 4.67. The predicted octanol–water partition coefficient (Wildman–Crippen LogP) is 5.45. The third-order valence-corrected chi connectivity index (χ3v) is 6.66. The average Bonchev–Trinajstić information content (AvgIpc) is 2.86. The van der Waals surface area contributed by atoms with E-state index in [1.807, 2.05) is 30.3 Å². The molecule has 0 aromatic heterocycles. The highest BCUT2D eigenvalue weighted by molar-refractivity contribution is 7.80.